The molecule has 0 unspecified atom stereocenters. The Morgan fingerprint density at radius 3 is 2.00 bits per heavy atom. The zero-order chi connectivity index (χ0) is 12.9. The molecule has 0 fully saturated rings. The molecule has 0 aliphatic carbocycles. The van der Waals surface area contributed by atoms with Crippen molar-refractivity contribution in [3.8, 4) is 0 Å². The zero-order valence-corrected chi connectivity index (χ0v) is 11.1. The van der Waals surface area contributed by atoms with Gasteiger partial charge in [0.25, 0.3) is 5.91 Å². The van der Waals surface area contributed by atoms with Crippen molar-refractivity contribution in [2.24, 2.45) is 17.8 Å². The molecule has 0 bridgehead atoms. The summed E-state index contributed by atoms with van der Waals surface area (Å²) in [5.41, 5.74) is 0. The lowest BCUT2D eigenvalue weighted by atomic mass is 9.87. The maximum absolute atomic E-state index is 12.0. The lowest BCUT2D eigenvalue weighted by Gasteiger charge is -2.24. The maximum Gasteiger partial charge on any atom is 0.256 e. The minimum absolute atomic E-state index is 0.00102. The summed E-state index contributed by atoms with van der Waals surface area (Å²) in [4.78, 5) is 28.7. The molecule has 16 heavy (non-hydrogen) atoms. The van der Waals surface area contributed by atoms with E-state index in [2.05, 4.69) is 0 Å². The molecule has 0 heterocycles. The Morgan fingerprint density at radius 1 is 1.19 bits per heavy atom. The molecule has 0 aromatic rings. The molecule has 0 N–H and O–H groups in total. The summed E-state index contributed by atoms with van der Waals surface area (Å²) in [7, 11) is 2.95. The molecule has 4 nitrogen and oxygen atoms in total. The van der Waals surface area contributed by atoms with Gasteiger partial charge in [-0.15, -0.1) is 0 Å². The third-order valence-electron chi connectivity index (χ3n) is 2.47. The summed E-state index contributed by atoms with van der Waals surface area (Å²) in [6.45, 7) is 7.70. The van der Waals surface area contributed by atoms with Crippen LogP contribution in [0.1, 0.15) is 34.1 Å². The third kappa shape index (κ3) is 4.31. The van der Waals surface area contributed by atoms with Crippen LogP contribution in [0, 0.1) is 17.8 Å². The van der Waals surface area contributed by atoms with Crippen LogP contribution in [0.2, 0.25) is 0 Å². The van der Waals surface area contributed by atoms with Gasteiger partial charge in [0.15, 0.2) is 0 Å². The highest BCUT2D eigenvalue weighted by molar-refractivity contribution is 6.01. The second-order valence-electron chi connectivity index (χ2n) is 4.80. The number of rotatable bonds is 6. The van der Waals surface area contributed by atoms with Gasteiger partial charge in [0, 0.05) is 13.5 Å². The van der Waals surface area contributed by atoms with Gasteiger partial charge >= 0.3 is 0 Å². The lowest BCUT2D eigenvalue weighted by Crippen LogP contribution is -2.39. The first-order valence-corrected chi connectivity index (χ1v) is 5.65. The van der Waals surface area contributed by atoms with Gasteiger partial charge in [-0.05, 0) is 11.8 Å². The number of hydrogen-bond donors (Lipinski definition) is 0. The molecule has 0 saturated carbocycles. The molecule has 0 saturated heterocycles. The molecule has 0 aromatic carbocycles. The molecular weight excluding hydrogens is 206 g/mol. The summed E-state index contributed by atoms with van der Waals surface area (Å²) >= 11 is 0. The van der Waals surface area contributed by atoms with E-state index in [0.717, 1.165) is 5.06 Å². The lowest BCUT2D eigenvalue weighted by molar-refractivity contribution is -0.176. The van der Waals surface area contributed by atoms with E-state index in [4.69, 9.17) is 4.84 Å². The van der Waals surface area contributed by atoms with Gasteiger partial charge in [-0.25, -0.2) is 5.06 Å². The minimum atomic E-state index is -0.590. The molecule has 94 valence electrons. The third-order valence-corrected chi connectivity index (χ3v) is 2.47. The van der Waals surface area contributed by atoms with Gasteiger partial charge < -0.3 is 0 Å². The number of ketones is 1. The number of Topliss-reactive ketones (excluding diaryl/α,β-unsaturated/α-hetero) is 1. The number of hydrogen-bond acceptors (Lipinski definition) is 3. The average molecular weight is 229 g/mol. The predicted octanol–water partition coefficient (Wildman–Crippen LogP) is 1.89. The fourth-order valence-corrected chi connectivity index (χ4v) is 1.61. The Kier molecular flexibility index (Phi) is 6.26. The maximum atomic E-state index is 12.0. The van der Waals surface area contributed by atoms with E-state index in [1.54, 1.807) is 0 Å². The second-order valence-corrected chi connectivity index (χ2v) is 4.80. The highest BCUT2D eigenvalue weighted by Crippen LogP contribution is 2.19. The molecule has 0 aliphatic heterocycles. The predicted molar refractivity (Wildman–Crippen MR) is 62.6 cm³/mol. The number of amides is 1. The molecule has 0 aliphatic rings. The fraction of sp³-hybridized carbons (Fsp3) is 0.833. The summed E-state index contributed by atoms with van der Waals surface area (Å²) in [5.74, 6) is -0.583. The van der Waals surface area contributed by atoms with Crippen molar-refractivity contribution in [3.05, 3.63) is 0 Å². The second kappa shape index (κ2) is 6.63. The van der Waals surface area contributed by atoms with E-state index in [1.807, 2.05) is 27.7 Å². The smallest absolute Gasteiger partial charge is 0.256 e. The van der Waals surface area contributed by atoms with Crippen LogP contribution < -0.4 is 0 Å². The first-order valence-electron chi connectivity index (χ1n) is 5.65. The van der Waals surface area contributed by atoms with Crippen molar-refractivity contribution in [1.29, 1.82) is 0 Å². The SMILES string of the molecule is CON(C)C(=O)[C@@H](C(=O)CC(C)C)C(C)C. The number of carbonyl (C=O) groups is 2. The molecule has 0 rings (SSSR count). The Morgan fingerprint density at radius 2 is 1.69 bits per heavy atom. The molecule has 0 aromatic heterocycles. The largest absolute Gasteiger partial charge is 0.299 e. The van der Waals surface area contributed by atoms with Crippen molar-refractivity contribution in [2.45, 2.75) is 34.1 Å². The highest BCUT2D eigenvalue weighted by atomic mass is 16.7. The van der Waals surface area contributed by atoms with Gasteiger partial charge in [-0.1, -0.05) is 27.7 Å². The van der Waals surface area contributed by atoms with Crippen LogP contribution in [-0.4, -0.2) is 30.9 Å². The van der Waals surface area contributed by atoms with Gasteiger partial charge in [0.05, 0.1) is 7.11 Å². The Bertz CT molecular complexity index is 249. The van der Waals surface area contributed by atoms with Gasteiger partial charge in [0.2, 0.25) is 0 Å². The van der Waals surface area contributed by atoms with Gasteiger partial charge in [0.1, 0.15) is 11.7 Å². The number of carbonyl (C=O) groups excluding carboxylic acids is 2. The normalized spacial score (nSPS) is 13.0. The van der Waals surface area contributed by atoms with E-state index in [1.165, 1.54) is 14.2 Å². The van der Waals surface area contributed by atoms with E-state index in [9.17, 15) is 9.59 Å². The van der Waals surface area contributed by atoms with Crippen LogP contribution in [0.4, 0.5) is 0 Å². The summed E-state index contributed by atoms with van der Waals surface area (Å²) in [5, 5.41) is 1.13. The molecular formula is C12H23NO3. The number of nitrogens with zero attached hydrogens (tertiary/aromatic N) is 1. The van der Waals surface area contributed by atoms with Crippen LogP contribution in [-0.2, 0) is 14.4 Å². The quantitative estimate of drug-likeness (QED) is 0.516. The zero-order valence-electron chi connectivity index (χ0n) is 11.1. The Balaban J connectivity index is 4.74. The van der Waals surface area contributed by atoms with Crippen molar-refractivity contribution in [1.82, 2.24) is 5.06 Å². The average Bonchev–Trinajstić information content (AvgIpc) is 2.14. The van der Waals surface area contributed by atoms with Crippen molar-refractivity contribution in [2.75, 3.05) is 14.2 Å². The summed E-state index contributed by atoms with van der Waals surface area (Å²) in [6, 6.07) is 0. The van der Waals surface area contributed by atoms with Crippen molar-refractivity contribution >= 4 is 11.7 Å². The van der Waals surface area contributed by atoms with E-state index in [-0.39, 0.29) is 23.5 Å². The molecule has 1 amide bonds. The van der Waals surface area contributed by atoms with Crippen molar-refractivity contribution < 1.29 is 14.4 Å². The number of hydroxylamine groups is 2. The first kappa shape index (κ1) is 15.1. The van der Waals surface area contributed by atoms with E-state index < -0.39 is 5.92 Å². The fourth-order valence-electron chi connectivity index (χ4n) is 1.61. The van der Waals surface area contributed by atoms with Crippen LogP contribution in [0.3, 0.4) is 0 Å². The van der Waals surface area contributed by atoms with Crippen LogP contribution in [0.25, 0.3) is 0 Å². The minimum Gasteiger partial charge on any atom is -0.299 e. The highest BCUT2D eigenvalue weighted by Gasteiger charge is 2.32. The van der Waals surface area contributed by atoms with E-state index >= 15 is 0 Å². The Labute approximate surface area is 97.9 Å². The molecule has 0 radical (unpaired) electrons. The van der Waals surface area contributed by atoms with Crippen LogP contribution in [0.5, 0.6) is 0 Å². The molecule has 4 heteroatoms. The topological polar surface area (TPSA) is 46.6 Å². The summed E-state index contributed by atoms with van der Waals surface area (Å²) in [6.07, 6.45) is 0.437. The Hall–Kier alpha value is -0.900. The van der Waals surface area contributed by atoms with Crippen LogP contribution >= 0.6 is 0 Å². The first-order chi connectivity index (χ1) is 7.31. The molecule has 0 spiro atoms. The van der Waals surface area contributed by atoms with Crippen molar-refractivity contribution in [3.63, 3.8) is 0 Å². The standard InChI is InChI=1S/C12H23NO3/c1-8(2)7-10(14)11(9(3)4)12(15)13(5)16-6/h8-9,11H,7H2,1-6H3/t11-/m1/s1. The van der Waals surface area contributed by atoms with Gasteiger partial charge in [-0.2, -0.15) is 0 Å². The van der Waals surface area contributed by atoms with E-state index in [0.29, 0.717) is 6.42 Å². The monoisotopic (exact) mass is 229 g/mol. The summed E-state index contributed by atoms with van der Waals surface area (Å²) < 4.78 is 0. The van der Waals surface area contributed by atoms with Gasteiger partial charge in [-0.3, -0.25) is 14.4 Å². The van der Waals surface area contributed by atoms with Crippen LogP contribution in [0.15, 0.2) is 0 Å². The molecule has 1 atom stereocenters.